The second kappa shape index (κ2) is 2.09. The van der Waals surface area contributed by atoms with Crippen molar-refractivity contribution in [1.82, 2.24) is 0 Å². The van der Waals surface area contributed by atoms with E-state index in [1.165, 1.54) is 0 Å². The van der Waals surface area contributed by atoms with Gasteiger partial charge in [-0.3, -0.25) is 0 Å². The van der Waals surface area contributed by atoms with Crippen molar-refractivity contribution in [3.05, 3.63) is 0 Å². The molecule has 4 saturated carbocycles. The molecule has 2 unspecified atom stereocenters. The maximum atomic E-state index is 11.7. The molecule has 0 radical (unpaired) electrons. The predicted molar refractivity (Wildman–Crippen MR) is 46.4 cm³/mol. The smallest absolute Gasteiger partial charge is 0.167 e. The average molecular weight is 197 g/mol. The summed E-state index contributed by atoms with van der Waals surface area (Å²) >= 11 is 0. The molecule has 70 valence electrons. The van der Waals surface area contributed by atoms with Gasteiger partial charge in [-0.15, -0.1) is 0 Å². The number of sulfone groups is 1. The SMILES string of the molecule is N#CCS(=O)(=O)[C@@H]1C2C[C@@H]3C1[C@@H]3C2. The summed E-state index contributed by atoms with van der Waals surface area (Å²) in [5.74, 6) is 2.00. The van der Waals surface area contributed by atoms with Crippen molar-refractivity contribution in [3.8, 4) is 6.07 Å². The minimum atomic E-state index is -3.09. The normalized spacial score (nSPS) is 50.5. The van der Waals surface area contributed by atoms with E-state index in [1.807, 2.05) is 0 Å². The highest BCUT2D eigenvalue weighted by Crippen LogP contribution is 2.72. The maximum absolute atomic E-state index is 11.7. The van der Waals surface area contributed by atoms with Gasteiger partial charge in [0.1, 0.15) is 5.75 Å². The summed E-state index contributed by atoms with van der Waals surface area (Å²) in [6.45, 7) is 0. The fraction of sp³-hybridized carbons (Fsp3) is 0.889. The Morgan fingerprint density at radius 3 is 2.31 bits per heavy atom. The van der Waals surface area contributed by atoms with Crippen molar-refractivity contribution in [3.63, 3.8) is 0 Å². The van der Waals surface area contributed by atoms with Crippen LogP contribution in [-0.2, 0) is 9.84 Å². The van der Waals surface area contributed by atoms with Gasteiger partial charge in [0, 0.05) is 0 Å². The Kier molecular flexibility index (Phi) is 1.25. The van der Waals surface area contributed by atoms with Crippen molar-refractivity contribution in [2.24, 2.45) is 23.7 Å². The van der Waals surface area contributed by atoms with Crippen LogP contribution in [-0.4, -0.2) is 19.4 Å². The zero-order valence-electron chi connectivity index (χ0n) is 7.18. The van der Waals surface area contributed by atoms with Crippen LogP contribution in [0.25, 0.3) is 0 Å². The van der Waals surface area contributed by atoms with Crippen LogP contribution in [0.3, 0.4) is 0 Å². The molecule has 4 heteroatoms. The Bertz CT molecular complexity index is 380. The van der Waals surface area contributed by atoms with E-state index in [1.54, 1.807) is 6.07 Å². The summed E-state index contributed by atoms with van der Waals surface area (Å²) < 4.78 is 23.4. The molecule has 0 amide bonds. The maximum Gasteiger partial charge on any atom is 0.167 e. The lowest BCUT2D eigenvalue weighted by Crippen LogP contribution is -2.26. The van der Waals surface area contributed by atoms with Gasteiger partial charge in [0.15, 0.2) is 9.84 Å². The van der Waals surface area contributed by atoms with Gasteiger partial charge in [-0.1, -0.05) is 0 Å². The third kappa shape index (κ3) is 0.812. The summed E-state index contributed by atoms with van der Waals surface area (Å²) in [7, 11) is -3.09. The Hall–Kier alpha value is -0.560. The highest BCUT2D eigenvalue weighted by atomic mass is 32.2. The molecule has 0 N–H and O–H groups in total. The number of hydrogen-bond donors (Lipinski definition) is 0. The van der Waals surface area contributed by atoms with E-state index in [9.17, 15) is 8.42 Å². The van der Waals surface area contributed by atoms with Gasteiger partial charge in [0.25, 0.3) is 0 Å². The molecule has 4 aliphatic rings. The van der Waals surface area contributed by atoms with E-state index >= 15 is 0 Å². The lowest BCUT2D eigenvalue weighted by molar-refractivity contribution is 0.545. The zero-order chi connectivity index (χ0) is 9.22. The van der Waals surface area contributed by atoms with Crippen LogP contribution in [0.4, 0.5) is 0 Å². The monoisotopic (exact) mass is 197 g/mol. The highest BCUT2D eigenvalue weighted by Gasteiger charge is 2.71. The van der Waals surface area contributed by atoms with Gasteiger partial charge in [0.2, 0.25) is 0 Å². The second-order valence-electron chi connectivity index (χ2n) is 4.57. The van der Waals surface area contributed by atoms with Crippen molar-refractivity contribution in [1.29, 1.82) is 5.26 Å². The van der Waals surface area contributed by atoms with Crippen molar-refractivity contribution in [2.45, 2.75) is 18.1 Å². The van der Waals surface area contributed by atoms with E-state index < -0.39 is 9.84 Å². The molecule has 4 aliphatic carbocycles. The molecule has 4 fully saturated rings. The Balaban J connectivity index is 1.93. The fourth-order valence-corrected chi connectivity index (χ4v) is 5.79. The molecule has 4 rings (SSSR count). The molecule has 13 heavy (non-hydrogen) atoms. The summed E-state index contributed by atoms with van der Waals surface area (Å²) in [6, 6.07) is 1.78. The van der Waals surface area contributed by atoms with E-state index in [4.69, 9.17) is 5.26 Å². The van der Waals surface area contributed by atoms with E-state index in [0.717, 1.165) is 12.8 Å². The first-order valence-corrected chi connectivity index (χ1v) is 6.45. The van der Waals surface area contributed by atoms with Crippen molar-refractivity contribution >= 4 is 9.84 Å². The van der Waals surface area contributed by atoms with Gasteiger partial charge >= 0.3 is 0 Å². The second-order valence-corrected chi connectivity index (χ2v) is 6.73. The first-order chi connectivity index (χ1) is 6.15. The lowest BCUT2D eigenvalue weighted by Gasteiger charge is -2.12. The highest BCUT2D eigenvalue weighted by molar-refractivity contribution is 7.92. The van der Waals surface area contributed by atoms with Gasteiger partial charge < -0.3 is 0 Å². The average Bonchev–Trinajstić information content (AvgIpc) is 2.54. The summed E-state index contributed by atoms with van der Waals surface area (Å²) in [6.07, 6.45) is 2.23. The van der Waals surface area contributed by atoms with Gasteiger partial charge in [0.05, 0.1) is 11.3 Å². The van der Waals surface area contributed by atoms with E-state index in [-0.39, 0.29) is 11.0 Å². The third-order valence-corrected chi connectivity index (χ3v) is 6.13. The molecular formula is C9H11NO2S. The number of hydrogen-bond acceptors (Lipinski definition) is 3. The Labute approximate surface area is 77.7 Å². The molecule has 3 nitrogen and oxygen atoms in total. The predicted octanol–water partition coefficient (Wildman–Crippen LogP) is 0.579. The molecule has 0 aromatic carbocycles. The molecule has 0 aromatic rings. The molecule has 0 aromatic heterocycles. The molecule has 4 bridgehead atoms. The quantitative estimate of drug-likeness (QED) is 0.650. The van der Waals surface area contributed by atoms with Crippen LogP contribution in [0, 0.1) is 35.0 Å². The topological polar surface area (TPSA) is 57.9 Å². The van der Waals surface area contributed by atoms with Crippen LogP contribution in [0.1, 0.15) is 12.8 Å². The minimum Gasteiger partial charge on any atom is -0.227 e. The number of rotatable bonds is 2. The summed E-state index contributed by atoms with van der Waals surface area (Å²) in [5.41, 5.74) is 0. The third-order valence-electron chi connectivity index (χ3n) is 4.07. The molecule has 0 saturated heterocycles. The molecule has 0 heterocycles. The van der Waals surface area contributed by atoms with E-state index in [2.05, 4.69) is 0 Å². The molecule has 0 aliphatic heterocycles. The van der Waals surface area contributed by atoms with Crippen LogP contribution in [0.5, 0.6) is 0 Å². The Morgan fingerprint density at radius 2 is 1.92 bits per heavy atom. The largest absolute Gasteiger partial charge is 0.227 e. The lowest BCUT2D eigenvalue weighted by atomic mass is 10.1. The summed E-state index contributed by atoms with van der Waals surface area (Å²) in [4.78, 5) is 0. The Morgan fingerprint density at radius 1 is 1.31 bits per heavy atom. The first kappa shape index (κ1) is 7.81. The zero-order valence-corrected chi connectivity index (χ0v) is 8.00. The standard InChI is InChI=1S/C9H11NO2S/c10-1-2-13(11,12)9-5-3-6-7(4-5)8(6)9/h5-9H,2-4H2/t5?,6-,7+,8?,9-/m1/s1. The van der Waals surface area contributed by atoms with E-state index in [0.29, 0.717) is 23.7 Å². The minimum absolute atomic E-state index is 0.137. The van der Waals surface area contributed by atoms with Crippen LogP contribution < -0.4 is 0 Å². The van der Waals surface area contributed by atoms with Gasteiger partial charge in [-0.2, -0.15) is 5.26 Å². The van der Waals surface area contributed by atoms with Crippen LogP contribution in [0.15, 0.2) is 0 Å². The fourth-order valence-electron chi connectivity index (χ4n) is 3.72. The van der Waals surface area contributed by atoms with Gasteiger partial charge in [-0.25, -0.2) is 8.42 Å². The van der Waals surface area contributed by atoms with Crippen LogP contribution in [0.2, 0.25) is 0 Å². The molecule has 0 spiro atoms. The molecule has 5 atom stereocenters. The number of nitriles is 1. The summed E-state index contributed by atoms with van der Waals surface area (Å²) in [5, 5.41) is 8.30. The van der Waals surface area contributed by atoms with Gasteiger partial charge in [-0.05, 0) is 36.5 Å². The van der Waals surface area contributed by atoms with Crippen LogP contribution >= 0.6 is 0 Å². The number of nitrogens with zero attached hydrogens (tertiary/aromatic N) is 1. The molecular weight excluding hydrogens is 186 g/mol. The van der Waals surface area contributed by atoms with Crippen molar-refractivity contribution in [2.75, 3.05) is 5.75 Å². The van der Waals surface area contributed by atoms with Crippen molar-refractivity contribution < 1.29 is 8.42 Å². The first-order valence-electron chi connectivity index (χ1n) is 4.73.